The van der Waals surface area contributed by atoms with Crippen LogP contribution in [0.25, 0.3) is 11.1 Å². The van der Waals surface area contributed by atoms with Crippen molar-refractivity contribution >= 4 is 11.9 Å². The molecule has 0 bridgehead atoms. The average Bonchev–Trinajstić information content (AvgIpc) is 2.84. The van der Waals surface area contributed by atoms with Crippen molar-refractivity contribution in [3.8, 4) is 11.1 Å². The Hall–Kier alpha value is -2.70. The third kappa shape index (κ3) is 7.77. The minimum absolute atomic E-state index is 0.313. The number of likely N-dealkylation sites (N-methyl/N-ethyl adjacent to an activating group) is 2. The fourth-order valence-corrected chi connectivity index (χ4v) is 3.38. The van der Waals surface area contributed by atoms with E-state index in [1.807, 2.05) is 24.3 Å². The first-order valence-electron chi connectivity index (χ1n) is 11.5. The molecule has 6 heteroatoms. The van der Waals surface area contributed by atoms with Crippen molar-refractivity contribution in [3.05, 3.63) is 59.7 Å². The number of carbonyl (C=O) groups excluding carboxylic acids is 2. The number of rotatable bonds is 13. The summed E-state index contributed by atoms with van der Waals surface area (Å²) >= 11 is 0. The molecule has 2 rings (SSSR count). The first-order valence-corrected chi connectivity index (χ1v) is 11.5. The van der Waals surface area contributed by atoms with Crippen LogP contribution in [0.3, 0.4) is 0 Å². The van der Waals surface area contributed by atoms with Gasteiger partial charge in [-0.2, -0.15) is 0 Å². The molecule has 0 aliphatic rings. The van der Waals surface area contributed by atoms with E-state index in [1.54, 1.807) is 24.3 Å². The van der Waals surface area contributed by atoms with Gasteiger partial charge < -0.3 is 19.3 Å². The number of nitrogens with zero attached hydrogens (tertiary/aromatic N) is 2. The van der Waals surface area contributed by atoms with Crippen LogP contribution in [0.2, 0.25) is 0 Å². The highest BCUT2D eigenvalue weighted by Gasteiger charge is 2.11. The van der Waals surface area contributed by atoms with Gasteiger partial charge in [-0.25, -0.2) is 9.59 Å². The van der Waals surface area contributed by atoms with Crippen LogP contribution in [0.15, 0.2) is 48.5 Å². The van der Waals surface area contributed by atoms with Crippen molar-refractivity contribution in [2.45, 2.75) is 27.7 Å². The van der Waals surface area contributed by atoms with E-state index in [-0.39, 0.29) is 11.9 Å². The summed E-state index contributed by atoms with van der Waals surface area (Å²) in [6, 6.07) is 14.6. The predicted octanol–water partition coefficient (Wildman–Crippen LogP) is 4.35. The van der Waals surface area contributed by atoms with Crippen molar-refractivity contribution < 1.29 is 19.1 Å². The second-order valence-corrected chi connectivity index (χ2v) is 7.48. The molecule has 174 valence electrons. The van der Waals surface area contributed by atoms with E-state index >= 15 is 0 Å². The Morgan fingerprint density at radius 3 is 1.19 bits per heavy atom. The minimum Gasteiger partial charge on any atom is -0.461 e. The Labute approximate surface area is 192 Å². The zero-order chi connectivity index (χ0) is 23.3. The van der Waals surface area contributed by atoms with Gasteiger partial charge in [-0.1, -0.05) is 52.0 Å². The van der Waals surface area contributed by atoms with Crippen LogP contribution < -0.4 is 0 Å². The number of hydrogen-bond donors (Lipinski definition) is 0. The molecule has 0 radical (unpaired) electrons. The van der Waals surface area contributed by atoms with Gasteiger partial charge in [0.2, 0.25) is 0 Å². The van der Waals surface area contributed by atoms with Crippen LogP contribution in [0.1, 0.15) is 48.4 Å². The number of esters is 2. The molecule has 32 heavy (non-hydrogen) atoms. The van der Waals surface area contributed by atoms with Gasteiger partial charge in [-0.05, 0) is 61.6 Å². The van der Waals surface area contributed by atoms with Crippen LogP contribution in [0.5, 0.6) is 0 Å². The van der Waals surface area contributed by atoms with Crippen LogP contribution in [0, 0.1) is 0 Å². The van der Waals surface area contributed by atoms with Gasteiger partial charge in [0.25, 0.3) is 0 Å². The highest BCUT2D eigenvalue weighted by molar-refractivity contribution is 5.91. The van der Waals surface area contributed by atoms with Crippen molar-refractivity contribution in [3.63, 3.8) is 0 Å². The summed E-state index contributed by atoms with van der Waals surface area (Å²) in [5.74, 6) is -0.627. The molecule has 0 N–H and O–H groups in total. The Bertz CT molecular complexity index is 754. The van der Waals surface area contributed by atoms with E-state index in [9.17, 15) is 9.59 Å². The molecule has 0 aromatic heterocycles. The summed E-state index contributed by atoms with van der Waals surface area (Å²) in [7, 11) is 0. The maximum atomic E-state index is 12.2. The summed E-state index contributed by atoms with van der Waals surface area (Å²) < 4.78 is 10.8. The number of ether oxygens (including phenoxy) is 2. The summed E-state index contributed by atoms with van der Waals surface area (Å²) in [6.07, 6.45) is 0. The molecule has 0 fully saturated rings. The van der Waals surface area contributed by atoms with Gasteiger partial charge >= 0.3 is 11.9 Å². The van der Waals surface area contributed by atoms with Crippen molar-refractivity contribution in [1.82, 2.24) is 9.80 Å². The van der Waals surface area contributed by atoms with Gasteiger partial charge in [-0.15, -0.1) is 0 Å². The van der Waals surface area contributed by atoms with E-state index in [1.165, 1.54) is 0 Å². The highest BCUT2D eigenvalue weighted by Crippen LogP contribution is 2.21. The quantitative estimate of drug-likeness (QED) is 0.432. The lowest BCUT2D eigenvalue weighted by Crippen LogP contribution is -2.27. The lowest BCUT2D eigenvalue weighted by molar-refractivity contribution is 0.0457. The minimum atomic E-state index is -0.313. The Kier molecular flexibility index (Phi) is 10.9. The second-order valence-electron chi connectivity index (χ2n) is 7.48. The van der Waals surface area contributed by atoms with E-state index in [0.717, 1.165) is 50.4 Å². The first-order chi connectivity index (χ1) is 15.5. The predicted molar refractivity (Wildman–Crippen MR) is 128 cm³/mol. The highest BCUT2D eigenvalue weighted by atomic mass is 16.5. The van der Waals surface area contributed by atoms with Gasteiger partial charge in [0, 0.05) is 13.1 Å². The van der Waals surface area contributed by atoms with E-state index in [2.05, 4.69) is 37.5 Å². The lowest BCUT2D eigenvalue weighted by atomic mass is 10.0. The van der Waals surface area contributed by atoms with Gasteiger partial charge in [-0.3, -0.25) is 0 Å². The topological polar surface area (TPSA) is 59.1 Å². The number of benzene rings is 2. The molecule has 0 spiro atoms. The summed E-state index contributed by atoms with van der Waals surface area (Å²) in [4.78, 5) is 28.9. The Morgan fingerprint density at radius 1 is 0.594 bits per heavy atom. The summed E-state index contributed by atoms with van der Waals surface area (Å²) in [6.45, 7) is 14.4. The maximum Gasteiger partial charge on any atom is 0.338 e. The van der Waals surface area contributed by atoms with Gasteiger partial charge in [0.1, 0.15) is 13.2 Å². The number of hydrogen-bond acceptors (Lipinski definition) is 6. The fraction of sp³-hybridized carbons (Fsp3) is 0.462. The molecule has 0 atom stereocenters. The fourth-order valence-electron chi connectivity index (χ4n) is 3.38. The molecule has 0 aliphatic carbocycles. The van der Waals surface area contributed by atoms with Crippen molar-refractivity contribution in [2.75, 3.05) is 52.5 Å². The van der Waals surface area contributed by atoms with Crippen LogP contribution in [-0.2, 0) is 9.47 Å². The summed E-state index contributed by atoms with van der Waals surface area (Å²) in [5, 5.41) is 0. The van der Waals surface area contributed by atoms with Gasteiger partial charge in [0.15, 0.2) is 0 Å². The molecule has 0 saturated heterocycles. The molecule has 0 amide bonds. The second kappa shape index (κ2) is 13.7. The third-order valence-electron chi connectivity index (χ3n) is 5.64. The monoisotopic (exact) mass is 440 g/mol. The molecule has 0 unspecified atom stereocenters. The number of carbonyl (C=O) groups is 2. The van der Waals surface area contributed by atoms with Gasteiger partial charge in [0.05, 0.1) is 11.1 Å². The lowest BCUT2D eigenvalue weighted by Gasteiger charge is -2.17. The van der Waals surface area contributed by atoms with Crippen molar-refractivity contribution in [2.24, 2.45) is 0 Å². The molecule has 2 aromatic carbocycles. The average molecular weight is 441 g/mol. The normalized spacial score (nSPS) is 11.1. The first kappa shape index (κ1) is 25.6. The third-order valence-corrected chi connectivity index (χ3v) is 5.64. The van der Waals surface area contributed by atoms with Crippen molar-refractivity contribution in [1.29, 1.82) is 0 Å². The Balaban J connectivity index is 1.88. The molecule has 6 nitrogen and oxygen atoms in total. The van der Waals surface area contributed by atoms with Crippen LogP contribution in [0.4, 0.5) is 0 Å². The van der Waals surface area contributed by atoms with E-state index < -0.39 is 0 Å². The van der Waals surface area contributed by atoms with E-state index in [4.69, 9.17) is 9.47 Å². The molecule has 0 saturated carbocycles. The van der Waals surface area contributed by atoms with E-state index in [0.29, 0.717) is 24.3 Å². The van der Waals surface area contributed by atoms with Crippen LogP contribution in [-0.4, -0.2) is 74.2 Å². The molecule has 0 aliphatic heterocycles. The molecule has 0 heterocycles. The zero-order valence-corrected chi connectivity index (χ0v) is 19.8. The smallest absolute Gasteiger partial charge is 0.338 e. The SMILES string of the molecule is CCN(CC)CCOC(=O)c1ccc(-c2ccc(C(=O)OCCN(CC)CC)cc2)cc1. The largest absolute Gasteiger partial charge is 0.461 e. The standard InChI is InChI=1S/C26H36N2O4/c1-5-27(6-2)17-19-31-25(29)23-13-9-21(10-14-23)22-11-15-24(16-12-22)26(30)32-20-18-28(7-3)8-4/h9-16H,5-8,17-20H2,1-4H3. The maximum absolute atomic E-state index is 12.2. The Morgan fingerprint density at radius 2 is 0.906 bits per heavy atom. The zero-order valence-electron chi connectivity index (χ0n) is 19.8. The summed E-state index contributed by atoms with van der Waals surface area (Å²) in [5.41, 5.74) is 2.99. The molecular formula is C26H36N2O4. The molecule has 2 aromatic rings. The van der Waals surface area contributed by atoms with Crippen LogP contribution >= 0.6 is 0 Å². The molecular weight excluding hydrogens is 404 g/mol.